The molecule has 0 radical (unpaired) electrons. The van der Waals surface area contributed by atoms with Gasteiger partial charge in [-0.1, -0.05) is 12.5 Å². The smallest absolute Gasteiger partial charge is 0.120 e. The Morgan fingerprint density at radius 1 is 1.19 bits per heavy atom. The van der Waals surface area contributed by atoms with E-state index < -0.39 is 0 Å². The van der Waals surface area contributed by atoms with Crippen LogP contribution in [0.1, 0.15) is 19.3 Å². The second-order valence-electron chi connectivity index (χ2n) is 6.14. The fraction of sp³-hybridized carbons (Fsp3) is 0.647. The van der Waals surface area contributed by atoms with Gasteiger partial charge in [0.2, 0.25) is 0 Å². The highest BCUT2D eigenvalue weighted by atomic mass is 16.5. The second-order valence-corrected chi connectivity index (χ2v) is 6.14. The van der Waals surface area contributed by atoms with Crippen LogP contribution in [-0.4, -0.2) is 57.3 Å². The Bertz CT molecular complexity index is 437. The van der Waals surface area contributed by atoms with Crippen molar-refractivity contribution in [3.63, 3.8) is 0 Å². The normalized spacial score (nSPS) is 24.0. The molecule has 116 valence electrons. The van der Waals surface area contributed by atoms with Gasteiger partial charge in [-0.2, -0.15) is 0 Å². The molecule has 2 aliphatic rings. The summed E-state index contributed by atoms with van der Waals surface area (Å²) in [7, 11) is 1.73. The largest absolute Gasteiger partial charge is 0.497 e. The summed E-state index contributed by atoms with van der Waals surface area (Å²) in [4.78, 5) is 5.08. The summed E-state index contributed by atoms with van der Waals surface area (Å²) in [5, 5.41) is 3.65. The predicted octanol–water partition coefficient (Wildman–Crippen LogP) is 1.96. The molecule has 21 heavy (non-hydrogen) atoms. The summed E-state index contributed by atoms with van der Waals surface area (Å²) in [6.45, 7) is 6.96. The lowest BCUT2D eigenvalue weighted by molar-refractivity contribution is 0.214. The molecule has 2 heterocycles. The Balaban J connectivity index is 1.50. The summed E-state index contributed by atoms with van der Waals surface area (Å²) in [5.74, 6) is 0.946. The third-order valence-electron chi connectivity index (χ3n) is 4.68. The van der Waals surface area contributed by atoms with E-state index in [1.54, 1.807) is 7.11 Å². The number of methoxy groups -OCH3 is 1. The van der Waals surface area contributed by atoms with E-state index >= 15 is 0 Å². The molecule has 2 fully saturated rings. The van der Waals surface area contributed by atoms with Gasteiger partial charge in [0.25, 0.3) is 0 Å². The molecule has 0 aliphatic carbocycles. The van der Waals surface area contributed by atoms with E-state index in [0.29, 0.717) is 6.04 Å². The van der Waals surface area contributed by atoms with Crippen LogP contribution >= 0.6 is 0 Å². The van der Waals surface area contributed by atoms with Crippen LogP contribution < -0.4 is 15.0 Å². The SMILES string of the molecule is COc1cccc(N2CCN(CC3CCCCN3)CC2)c1. The van der Waals surface area contributed by atoms with Crippen molar-refractivity contribution in [3.05, 3.63) is 24.3 Å². The fourth-order valence-corrected chi connectivity index (χ4v) is 3.39. The molecule has 1 aromatic rings. The van der Waals surface area contributed by atoms with Gasteiger partial charge in [0.1, 0.15) is 5.75 Å². The van der Waals surface area contributed by atoms with Crippen molar-refractivity contribution in [2.75, 3.05) is 51.3 Å². The molecule has 4 heteroatoms. The maximum atomic E-state index is 5.32. The number of benzene rings is 1. The molecule has 1 N–H and O–H groups in total. The molecule has 1 aromatic carbocycles. The number of anilines is 1. The lowest BCUT2D eigenvalue weighted by Gasteiger charge is -2.38. The van der Waals surface area contributed by atoms with Crippen molar-refractivity contribution in [3.8, 4) is 5.75 Å². The summed E-state index contributed by atoms with van der Waals surface area (Å²) in [5.41, 5.74) is 1.28. The van der Waals surface area contributed by atoms with E-state index in [1.807, 2.05) is 6.07 Å². The fourth-order valence-electron chi connectivity index (χ4n) is 3.39. The maximum absolute atomic E-state index is 5.32. The van der Waals surface area contributed by atoms with Gasteiger partial charge in [0.15, 0.2) is 0 Å². The number of piperazine rings is 1. The van der Waals surface area contributed by atoms with Crippen LogP contribution in [0.4, 0.5) is 5.69 Å². The van der Waals surface area contributed by atoms with Crippen molar-refractivity contribution in [2.45, 2.75) is 25.3 Å². The Kier molecular flexibility index (Phi) is 4.99. The first-order valence-corrected chi connectivity index (χ1v) is 8.20. The van der Waals surface area contributed by atoms with Gasteiger partial charge in [-0.25, -0.2) is 0 Å². The highest BCUT2D eigenvalue weighted by Gasteiger charge is 2.21. The summed E-state index contributed by atoms with van der Waals surface area (Å²) < 4.78 is 5.32. The van der Waals surface area contributed by atoms with Crippen molar-refractivity contribution < 1.29 is 4.74 Å². The zero-order valence-electron chi connectivity index (χ0n) is 13.1. The first-order valence-electron chi connectivity index (χ1n) is 8.20. The lowest BCUT2D eigenvalue weighted by atomic mass is 10.0. The molecular weight excluding hydrogens is 262 g/mol. The average Bonchev–Trinajstić information content (AvgIpc) is 2.56. The third kappa shape index (κ3) is 3.89. The van der Waals surface area contributed by atoms with Gasteiger partial charge in [-0.3, -0.25) is 4.90 Å². The Hall–Kier alpha value is -1.26. The molecule has 2 saturated heterocycles. The van der Waals surface area contributed by atoms with Crippen molar-refractivity contribution in [1.82, 2.24) is 10.2 Å². The van der Waals surface area contributed by atoms with E-state index in [4.69, 9.17) is 4.74 Å². The molecule has 4 nitrogen and oxygen atoms in total. The van der Waals surface area contributed by atoms with E-state index in [9.17, 15) is 0 Å². The number of nitrogens with zero attached hydrogens (tertiary/aromatic N) is 2. The van der Waals surface area contributed by atoms with Crippen molar-refractivity contribution in [1.29, 1.82) is 0 Å². The molecule has 3 rings (SSSR count). The molecule has 0 aromatic heterocycles. The minimum absolute atomic E-state index is 0.710. The molecule has 0 saturated carbocycles. The molecule has 2 aliphatic heterocycles. The molecule has 0 spiro atoms. The topological polar surface area (TPSA) is 27.7 Å². The highest BCUT2D eigenvalue weighted by molar-refractivity contribution is 5.51. The van der Waals surface area contributed by atoms with Crippen LogP contribution in [-0.2, 0) is 0 Å². The molecule has 1 atom stereocenters. The minimum atomic E-state index is 0.710. The Morgan fingerprint density at radius 3 is 2.76 bits per heavy atom. The van der Waals surface area contributed by atoms with Crippen LogP contribution in [0.15, 0.2) is 24.3 Å². The number of rotatable bonds is 4. The molecular formula is C17H27N3O. The van der Waals surface area contributed by atoms with E-state index in [2.05, 4.69) is 33.3 Å². The van der Waals surface area contributed by atoms with Crippen molar-refractivity contribution in [2.24, 2.45) is 0 Å². The lowest BCUT2D eigenvalue weighted by Crippen LogP contribution is -2.51. The van der Waals surface area contributed by atoms with Gasteiger partial charge in [-0.15, -0.1) is 0 Å². The monoisotopic (exact) mass is 289 g/mol. The Labute approximate surface area is 128 Å². The van der Waals surface area contributed by atoms with E-state index in [-0.39, 0.29) is 0 Å². The number of ether oxygens (including phenoxy) is 1. The summed E-state index contributed by atoms with van der Waals surface area (Å²) in [6, 6.07) is 9.11. The van der Waals surface area contributed by atoms with Crippen LogP contribution in [0.5, 0.6) is 5.75 Å². The number of hydrogen-bond donors (Lipinski definition) is 1. The van der Waals surface area contributed by atoms with Gasteiger partial charge in [0.05, 0.1) is 7.11 Å². The zero-order valence-corrected chi connectivity index (χ0v) is 13.1. The quantitative estimate of drug-likeness (QED) is 0.917. The summed E-state index contributed by atoms with van der Waals surface area (Å²) >= 11 is 0. The predicted molar refractivity (Wildman–Crippen MR) is 87.3 cm³/mol. The standard InChI is InChI=1S/C17H27N3O/c1-21-17-7-4-6-16(13-17)20-11-9-19(10-12-20)14-15-5-2-3-8-18-15/h4,6-7,13,15,18H,2-3,5,8-12,14H2,1H3. The van der Waals surface area contributed by atoms with Crippen LogP contribution in [0.2, 0.25) is 0 Å². The molecule has 1 unspecified atom stereocenters. The number of piperidine rings is 1. The zero-order chi connectivity index (χ0) is 14.5. The number of nitrogens with one attached hydrogen (secondary N) is 1. The average molecular weight is 289 g/mol. The molecule has 0 bridgehead atoms. The van der Waals surface area contributed by atoms with Gasteiger partial charge in [-0.05, 0) is 31.5 Å². The van der Waals surface area contributed by atoms with E-state index in [1.165, 1.54) is 38.0 Å². The van der Waals surface area contributed by atoms with Gasteiger partial charge in [0, 0.05) is 50.5 Å². The molecule has 0 amide bonds. The Morgan fingerprint density at radius 2 is 2.05 bits per heavy atom. The van der Waals surface area contributed by atoms with Crippen LogP contribution in [0.3, 0.4) is 0 Å². The number of hydrogen-bond acceptors (Lipinski definition) is 4. The maximum Gasteiger partial charge on any atom is 0.120 e. The van der Waals surface area contributed by atoms with Gasteiger partial charge >= 0.3 is 0 Å². The second kappa shape index (κ2) is 7.14. The summed E-state index contributed by atoms with van der Waals surface area (Å²) in [6.07, 6.45) is 4.08. The van der Waals surface area contributed by atoms with E-state index in [0.717, 1.165) is 31.9 Å². The first kappa shape index (κ1) is 14.7. The minimum Gasteiger partial charge on any atom is -0.497 e. The van der Waals surface area contributed by atoms with Crippen molar-refractivity contribution >= 4 is 5.69 Å². The highest BCUT2D eigenvalue weighted by Crippen LogP contribution is 2.22. The third-order valence-corrected chi connectivity index (χ3v) is 4.68. The van der Waals surface area contributed by atoms with Gasteiger partial charge < -0.3 is 15.0 Å². The first-order chi connectivity index (χ1) is 10.3. The van der Waals surface area contributed by atoms with Crippen LogP contribution in [0.25, 0.3) is 0 Å². The van der Waals surface area contributed by atoms with Crippen LogP contribution in [0, 0.1) is 0 Å².